The Labute approximate surface area is 128 Å². The zero-order valence-corrected chi connectivity index (χ0v) is 13.6. The van der Waals surface area contributed by atoms with Gasteiger partial charge in [-0.1, -0.05) is 13.0 Å². The van der Waals surface area contributed by atoms with Crippen molar-refractivity contribution >= 4 is 21.4 Å². The minimum Gasteiger partial charge on any atom is -0.391 e. The van der Waals surface area contributed by atoms with Gasteiger partial charge in [-0.3, -0.25) is 4.98 Å². The van der Waals surface area contributed by atoms with E-state index in [1.807, 2.05) is 25.1 Å². The number of aromatic nitrogens is 1. The number of sulfonamides is 1. The molecule has 0 saturated heterocycles. The first-order valence-electron chi connectivity index (χ1n) is 6.59. The van der Waals surface area contributed by atoms with Crippen LogP contribution in [0.4, 0.5) is 0 Å². The molecule has 0 aromatic carbocycles. The number of aryl methyl sites for hydroxylation is 1. The lowest BCUT2D eigenvalue weighted by atomic mass is 10.3. The van der Waals surface area contributed by atoms with Gasteiger partial charge in [0.1, 0.15) is 0 Å². The average Bonchev–Trinajstić information content (AvgIpc) is 2.94. The van der Waals surface area contributed by atoms with E-state index in [4.69, 9.17) is 0 Å². The fourth-order valence-electron chi connectivity index (χ4n) is 2.05. The highest BCUT2D eigenvalue weighted by atomic mass is 32.2. The normalized spacial score (nSPS) is 12.0. The number of nitrogens with zero attached hydrogens (tertiary/aromatic N) is 2. The van der Waals surface area contributed by atoms with Crippen LogP contribution in [0, 0.1) is 6.92 Å². The Morgan fingerprint density at radius 1 is 1.33 bits per heavy atom. The zero-order chi connectivity index (χ0) is 15.5. The molecule has 0 fully saturated rings. The molecule has 0 amide bonds. The number of aliphatic hydroxyl groups is 1. The first kappa shape index (κ1) is 16.1. The van der Waals surface area contributed by atoms with Crippen LogP contribution in [0.3, 0.4) is 0 Å². The fraction of sp³-hybridized carbons (Fsp3) is 0.357. The maximum absolute atomic E-state index is 12.7. The Bertz CT molecular complexity index is 711. The van der Waals surface area contributed by atoms with Crippen molar-refractivity contribution in [3.05, 3.63) is 45.9 Å². The molecule has 7 heteroatoms. The topological polar surface area (TPSA) is 70.5 Å². The fourth-order valence-corrected chi connectivity index (χ4v) is 4.73. The van der Waals surface area contributed by atoms with Crippen LogP contribution in [0.2, 0.25) is 0 Å². The van der Waals surface area contributed by atoms with Crippen molar-refractivity contribution < 1.29 is 13.5 Å². The molecule has 0 aliphatic rings. The molecule has 0 unspecified atom stereocenters. The average molecular weight is 326 g/mol. The van der Waals surface area contributed by atoms with Crippen molar-refractivity contribution in [3.8, 4) is 0 Å². The summed E-state index contributed by atoms with van der Waals surface area (Å²) in [5, 5.41) is 10.9. The molecule has 0 aliphatic heterocycles. The Balaban J connectivity index is 2.32. The molecule has 2 aromatic rings. The SMILES string of the molecule is CCN(Cc1cccc(C)n1)S(=O)(=O)c1ccsc1CO. The molecular weight excluding hydrogens is 308 g/mol. The molecule has 5 nitrogen and oxygen atoms in total. The van der Waals surface area contributed by atoms with Gasteiger partial charge in [0, 0.05) is 17.1 Å². The molecule has 2 heterocycles. The number of pyridine rings is 1. The highest BCUT2D eigenvalue weighted by Gasteiger charge is 2.26. The van der Waals surface area contributed by atoms with Crippen molar-refractivity contribution in [2.45, 2.75) is 31.9 Å². The molecule has 0 saturated carbocycles. The summed E-state index contributed by atoms with van der Waals surface area (Å²) in [5.41, 5.74) is 1.56. The van der Waals surface area contributed by atoms with Crippen LogP contribution in [0.15, 0.2) is 34.5 Å². The highest BCUT2D eigenvalue weighted by molar-refractivity contribution is 7.89. The minimum absolute atomic E-state index is 0.185. The largest absolute Gasteiger partial charge is 0.391 e. The van der Waals surface area contributed by atoms with Crippen LogP contribution < -0.4 is 0 Å². The molecule has 21 heavy (non-hydrogen) atoms. The Morgan fingerprint density at radius 3 is 2.71 bits per heavy atom. The van der Waals surface area contributed by atoms with Gasteiger partial charge in [-0.05, 0) is 30.5 Å². The summed E-state index contributed by atoms with van der Waals surface area (Å²) in [4.78, 5) is 4.99. The lowest BCUT2D eigenvalue weighted by molar-refractivity contribution is 0.282. The summed E-state index contributed by atoms with van der Waals surface area (Å²) in [7, 11) is -3.62. The Hall–Kier alpha value is -1.28. The first-order chi connectivity index (χ1) is 9.98. The van der Waals surface area contributed by atoms with Gasteiger partial charge in [-0.15, -0.1) is 11.3 Å². The van der Waals surface area contributed by atoms with Crippen molar-refractivity contribution in [1.29, 1.82) is 0 Å². The van der Waals surface area contributed by atoms with Crippen LogP contribution in [-0.4, -0.2) is 29.4 Å². The molecular formula is C14H18N2O3S2. The quantitative estimate of drug-likeness (QED) is 0.883. The highest BCUT2D eigenvalue weighted by Crippen LogP contribution is 2.26. The summed E-state index contributed by atoms with van der Waals surface area (Å²) < 4.78 is 26.7. The van der Waals surface area contributed by atoms with E-state index in [0.717, 1.165) is 5.69 Å². The maximum Gasteiger partial charge on any atom is 0.244 e. The van der Waals surface area contributed by atoms with E-state index in [2.05, 4.69) is 4.98 Å². The van der Waals surface area contributed by atoms with Crippen LogP contribution >= 0.6 is 11.3 Å². The van der Waals surface area contributed by atoms with Crippen LogP contribution in [0.5, 0.6) is 0 Å². The Morgan fingerprint density at radius 2 is 2.10 bits per heavy atom. The molecule has 1 N–H and O–H groups in total. The van der Waals surface area contributed by atoms with E-state index in [1.165, 1.54) is 21.7 Å². The third kappa shape index (κ3) is 3.49. The second-order valence-electron chi connectivity index (χ2n) is 4.57. The van der Waals surface area contributed by atoms with Gasteiger partial charge >= 0.3 is 0 Å². The molecule has 0 radical (unpaired) electrons. The van der Waals surface area contributed by atoms with E-state index in [0.29, 0.717) is 17.1 Å². The summed E-state index contributed by atoms with van der Waals surface area (Å²) >= 11 is 1.24. The van der Waals surface area contributed by atoms with Gasteiger partial charge in [0.05, 0.1) is 23.7 Å². The number of aliphatic hydroxyl groups excluding tert-OH is 1. The molecule has 0 bridgehead atoms. The molecule has 0 spiro atoms. The molecule has 2 rings (SSSR count). The van der Waals surface area contributed by atoms with Gasteiger partial charge in [0.15, 0.2) is 0 Å². The second kappa shape index (κ2) is 6.65. The summed E-state index contributed by atoms with van der Waals surface area (Å²) in [6.07, 6.45) is 0. The van der Waals surface area contributed by atoms with Crippen molar-refractivity contribution in [2.24, 2.45) is 0 Å². The lowest BCUT2D eigenvalue weighted by Gasteiger charge is -2.20. The first-order valence-corrected chi connectivity index (χ1v) is 8.91. The summed E-state index contributed by atoms with van der Waals surface area (Å²) in [6.45, 7) is 3.96. The van der Waals surface area contributed by atoms with Gasteiger partial charge in [-0.2, -0.15) is 4.31 Å². The lowest BCUT2D eigenvalue weighted by Crippen LogP contribution is -2.31. The molecule has 0 aliphatic carbocycles. The van der Waals surface area contributed by atoms with E-state index >= 15 is 0 Å². The van der Waals surface area contributed by atoms with Crippen LogP contribution in [-0.2, 0) is 23.2 Å². The van der Waals surface area contributed by atoms with E-state index in [9.17, 15) is 13.5 Å². The monoisotopic (exact) mass is 326 g/mol. The van der Waals surface area contributed by atoms with Gasteiger partial charge < -0.3 is 5.11 Å². The van der Waals surface area contributed by atoms with Crippen LogP contribution in [0.25, 0.3) is 0 Å². The summed E-state index contributed by atoms with van der Waals surface area (Å²) in [6, 6.07) is 7.09. The van der Waals surface area contributed by atoms with Crippen molar-refractivity contribution in [2.75, 3.05) is 6.54 Å². The van der Waals surface area contributed by atoms with Gasteiger partial charge in [0.2, 0.25) is 10.0 Å². The standard InChI is InChI=1S/C14H18N2O3S2/c1-3-16(9-12-6-4-5-11(2)15-12)21(18,19)14-7-8-20-13(14)10-17/h4-8,17H,3,9-10H2,1-2H3. The molecule has 114 valence electrons. The van der Waals surface area contributed by atoms with E-state index < -0.39 is 10.0 Å². The third-order valence-corrected chi connectivity index (χ3v) is 6.14. The second-order valence-corrected chi connectivity index (χ2v) is 7.47. The maximum atomic E-state index is 12.7. The van der Waals surface area contributed by atoms with Gasteiger partial charge in [0.25, 0.3) is 0 Å². The minimum atomic E-state index is -3.62. The number of thiophene rings is 1. The van der Waals surface area contributed by atoms with Crippen molar-refractivity contribution in [1.82, 2.24) is 9.29 Å². The van der Waals surface area contributed by atoms with E-state index in [-0.39, 0.29) is 18.0 Å². The summed E-state index contributed by atoms with van der Waals surface area (Å²) in [5.74, 6) is 0. The number of hydrogen-bond donors (Lipinski definition) is 1. The van der Waals surface area contributed by atoms with Gasteiger partial charge in [-0.25, -0.2) is 8.42 Å². The van der Waals surface area contributed by atoms with Crippen molar-refractivity contribution in [3.63, 3.8) is 0 Å². The molecule has 0 atom stereocenters. The smallest absolute Gasteiger partial charge is 0.244 e. The predicted octanol–water partition coefficient (Wildman–Crippen LogP) is 2.15. The Kier molecular flexibility index (Phi) is 5.10. The van der Waals surface area contributed by atoms with Crippen LogP contribution in [0.1, 0.15) is 23.2 Å². The third-order valence-electron chi connectivity index (χ3n) is 3.10. The number of hydrogen-bond acceptors (Lipinski definition) is 5. The predicted molar refractivity (Wildman–Crippen MR) is 82.5 cm³/mol. The molecule has 2 aromatic heterocycles. The van der Waals surface area contributed by atoms with E-state index in [1.54, 1.807) is 12.3 Å². The zero-order valence-electron chi connectivity index (χ0n) is 12.0. The number of rotatable bonds is 6.